The Morgan fingerprint density at radius 1 is 1.54 bits per heavy atom. The first kappa shape index (κ1) is 21.6. The van der Waals surface area contributed by atoms with Crippen LogP contribution in [0.2, 0.25) is 5.02 Å². The zero-order chi connectivity index (χ0) is 20.7. The third-order valence-electron chi connectivity index (χ3n) is 3.49. The number of hydrazone groups is 1. The minimum atomic E-state index is -0.572. The van der Waals surface area contributed by atoms with Gasteiger partial charge in [-0.1, -0.05) is 11.6 Å². The van der Waals surface area contributed by atoms with Crippen molar-refractivity contribution in [3.05, 3.63) is 50.1 Å². The van der Waals surface area contributed by atoms with E-state index in [1.165, 1.54) is 31.5 Å². The number of rotatable bonds is 7. The average Bonchev–Trinajstić information content (AvgIpc) is 2.66. The molecule has 8 nitrogen and oxygen atoms in total. The average molecular weight is 468 g/mol. The van der Waals surface area contributed by atoms with E-state index in [2.05, 4.69) is 31.4 Å². The Hall–Kier alpha value is -2.67. The maximum atomic E-state index is 11.9. The van der Waals surface area contributed by atoms with Crippen molar-refractivity contribution in [2.75, 3.05) is 13.7 Å². The van der Waals surface area contributed by atoms with Crippen molar-refractivity contribution >= 4 is 39.7 Å². The van der Waals surface area contributed by atoms with Gasteiger partial charge >= 0.3 is 0 Å². The molecule has 28 heavy (non-hydrogen) atoms. The van der Waals surface area contributed by atoms with Crippen LogP contribution < -0.4 is 10.2 Å². The first-order chi connectivity index (χ1) is 13.4. The lowest BCUT2D eigenvalue weighted by molar-refractivity contribution is -0.123. The molecular weight excluding hydrogens is 452 g/mol. The number of phenolic OH excluding ortho intramolecular Hbond substituents is 1. The van der Waals surface area contributed by atoms with Gasteiger partial charge in [0.15, 0.2) is 6.61 Å². The number of methoxy groups -OCH3 is 1. The molecule has 2 N–H and O–H groups in total. The van der Waals surface area contributed by atoms with Crippen molar-refractivity contribution in [1.82, 2.24) is 10.4 Å². The third-order valence-corrected chi connectivity index (χ3v) is 4.78. The lowest BCUT2D eigenvalue weighted by Crippen LogP contribution is -2.25. The van der Waals surface area contributed by atoms with Crippen molar-refractivity contribution in [3.63, 3.8) is 0 Å². The van der Waals surface area contributed by atoms with E-state index in [-0.39, 0.29) is 23.8 Å². The fourth-order valence-electron chi connectivity index (χ4n) is 2.18. The second-order valence-corrected chi connectivity index (χ2v) is 6.73. The van der Waals surface area contributed by atoms with Crippen LogP contribution in [-0.4, -0.2) is 35.9 Å². The van der Waals surface area contributed by atoms with Crippen molar-refractivity contribution in [2.24, 2.45) is 5.10 Å². The van der Waals surface area contributed by atoms with Crippen LogP contribution in [0.15, 0.2) is 27.8 Å². The Morgan fingerprint density at radius 3 is 2.96 bits per heavy atom. The van der Waals surface area contributed by atoms with Crippen LogP contribution in [0.1, 0.15) is 22.4 Å². The van der Waals surface area contributed by atoms with Crippen LogP contribution in [0.5, 0.6) is 11.6 Å². The number of phenols is 1. The minimum absolute atomic E-state index is 0.0295. The largest absolute Gasteiger partial charge is 0.507 e. The fraction of sp³-hybridized carbons (Fsp3) is 0.222. The summed E-state index contributed by atoms with van der Waals surface area (Å²) in [4.78, 5) is 16.1. The molecule has 2 aromatic rings. The molecule has 0 aliphatic carbocycles. The van der Waals surface area contributed by atoms with Crippen LogP contribution >= 0.6 is 27.5 Å². The van der Waals surface area contributed by atoms with E-state index >= 15 is 0 Å². The number of hydrogen-bond acceptors (Lipinski definition) is 7. The number of carbonyl (C=O) groups excluding carboxylic acids is 1. The highest BCUT2D eigenvalue weighted by Gasteiger charge is 2.18. The number of nitrogens with one attached hydrogen (secondary N) is 1. The summed E-state index contributed by atoms with van der Waals surface area (Å²) in [6.07, 6.45) is 1.25. The molecule has 0 radical (unpaired) electrons. The summed E-state index contributed by atoms with van der Waals surface area (Å²) in [5, 5.41) is 23.3. The molecule has 0 bridgehead atoms. The second-order valence-electron chi connectivity index (χ2n) is 5.50. The fourth-order valence-corrected chi connectivity index (χ4v) is 2.76. The predicted octanol–water partition coefficient (Wildman–Crippen LogP) is 3.06. The Balaban J connectivity index is 2.06. The van der Waals surface area contributed by atoms with Crippen molar-refractivity contribution in [2.45, 2.75) is 13.5 Å². The Morgan fingerprint density at radius 2 is 2.29 bits per heavy atom. The number of hydrogen-bond donors (Lipinski definition) is 2. The van der Waals surface area contributed by atoms with Gasteiger partial charge in [-0.3, -0.25) is 4.79 Å². The summed E-state index contributed by atoms with van der Waals surface area (Å²) in [5.41, 5.74) is 3.96. The van der Waals surface area contributed by atoms with E-state index in [0.717, 1.165) is 0 Å². The van der Waals surface area contributed by atoms with Crippen molar-refractivity contribution < 1.29 is 19.4 Å². The zero-order valence-electron chi connectivity index (χ0n) is 15.0. The number of nitriles is 1. The first-order valence-corrected chi connectivity index (χ1v) is 9.05. The Bertz CT molecular complexity index is 960. The number of aromatic hydroxyl groups is 1. The smallest absolute Gasteiger partial charge is 0.278 e. The molecule has 0 spiro atoms. The van der Waals surface area contributed by atoms with Gasteiger partial charge in [0.1, 0.15) is 17.4 Å². The zero-order valence-corrected chi connectivity index (χ0v) is 17.3. The molecule has 0 fully saturated rings. The number of pyridine rings is 1. The van der Waals surface area contributed by atoms with E-state index in [0.29, 0.717) is 26.3 Å². The van der Waals surface area contributed by atoms with Gasteiger partial charge in [-0.25, -0.2) is 10.4 Å². The second kappa shape index (κ2) is 10.0. The maximum absolute atomic E-state index is 11.9. The molecule has 0 unspecified atom stereocenters. The summed E-state index contributed by atoms with van der Waals surface area (Å²) < 4.78 is 11.1. The minimum Gasteiger partial charge on any atom is -0.507 e. The molecule has 146 valence electrons. The van der Waals surface area contributed by atoms with E-state index < -0.39 is 12.5 Å². The highest BCUT2D eigenvalue weighted by Crippen LogP contribution is 2.29. The summed E-state index contributed by atoms with van der Waals surface area (Å²) in [6, 6.07) is 6.45. The summed E-state index contributed by atoms with van der Waals surface area (Å²) in [7, 11) is 1.51. The summed E-state index contributed by atoms with van der Waals surface area (Å²) in [5.74, 6) is -0.572. The van der Waals surface area contributed by atoms with Gasteiger partial charge in [-0.2, -0.15) is 10.4 Å². The SMILES string of the molecule is COCc1c(Br)c(C)nc(OCC(=O)NN=Cc2cc(Cl)ccc2O)c1C#N. The number of halogens is 2. The first-order valence-electron chi connectivity index (χ1n) is 7.88. The monoisotopic (exact) mass is 466 g/mol. The molecule has 0 saturated heterocycles. The van der Waals surface area contributed by atoms with Gasteiger partial charge in [0.05, 0.1) is 18.5 Å². The van der Waals surface area contributed by atoms with Crippen LogP contribution in [0.4, 0.5) is 0 Å². The molecular formula is C18H16BrClN4O4. The van der Waals surface area contributed by atoms with Gasteiger partial charge in [0.25, 0.3) is 5.91 Å². The van der Waals surface area contributed by atoms with Gasteiger partial charge in [-0.05, 0) is 41.1 Å². The summed E-state index contributed by atoms with van der Waals surface area (Å²) >= 11 is 9.21. The number of aromatic nitrogens is 1. The van der Waals surface area contributed by atoms with Crippen LogP contribution in [0, 0.1) is 18.3 Å². The van der Waals surface area contributed by atoms with E-state index in [1.807, 2.05) is 6.07 Å². The Labute approximate surface area is 174 Å². The number of benzene rings is 1. The van der Waals surface area contributed by atoms with Gasteiger partial charge in [0, 0.05) is 27.7 Å². The molecule has 0 atom stereocenters. The van der Waals surface area contributed by atoms with Crippen molar-refractivity contribution in [1.29, 1.82) is 5.26 Å². The van der Waals surface area contributed by atoms with Crippen molar-refractivity contribution in [3.8, 4) is 17.7 Å². The molecule has 1 amide bonds. The highest BCUT2D eigenvalue weighted by molar-refractivity contribution is 9.10. The van der Waals surface area contributed by atoms with Gasteiger partial charge in [-0.15, -0.1) is 0 Å². The Kier molecular flexibility index (Phi) is 7.75. The van der Waals surface area contributed by atoms with Gasteiger partial charge < -0.3 is 14.6 Å². The van der Waals surface area contributed by atoms with E-state index in [4.69, 9.17) is 21.1 Å². The molecule has 10 heteroatoms. The highest BCUT2D eigenvalue weighted by atomic mass is 79.9. The summed E-state index contributed by atoms with van der Waals surface area (Å²) in [6.45, 7) is 1.51. The van der Waals surface area contributed by atoms with Gasteiger partial charge in [0.2, 0.25) is 5.88 Å². The quantitative estimate of drug-likeness (QED) is 0.477. The molecule has 0 aliphatic rings. The lowest BCUT2D eigenvalue weighted by Gasteiger charge is -2.13. The van der Waals surface area contributed by atoms with Crippen LogP contribution in [-0.2, 0) is 16.1 Å². The van der Waals surface area contributed by atoms with E-state index in [1.54, 1.807) is 6.92 Å². The third kappa shape index (κ3) is 5.42. The topological polar surface area (TPSA) is 117 Å². The number of ether oxygens (including phenoxy) is 2. The maximum Gasteiger partial charge on any atom is 0.278 e. The molecule has 1 aromatic carbocycles. The van der Waals surface area contributed by atoms with Crippen LogP contribution in [0.3, 0.4) is 0 Å². The normalized spacial score (nSPS) is 10.7. The molecule has 2 rings (SSSR count). The predicted molar refractivity (Wildman–Crippen MR) is 106 cm³/mol. The number of amides is 1. The van der Waals surface area contributed by atoms with Crippen LogP contribution in [0.25, 0.3) is 0 Å². The van der Waals surface area contributed by atoms with E-state index in [9.17, 15) is 15.2 Å². The lowest BCUT2D eigenvalue weighted by atomic mass is 10.1. The molecule has 0 saturated carbocycles. The molecule has 0 aliphatic heterocycles. The molecule has 1 aromatic heterocycles. The molecule has 1 heterocycles. The number of aryl methyl sites for hydroxylation is 1. The number of nitrogens with zero attached hydrogens (tertiary/aromatic N) is 3. The standard InChI is InChI=1S/C18H16BrClN4O4/c1-10-17(19)14(8-27-2)13(6-21)18(23-10)28-9-16(26)24-22-7-11-5-12(20)3-4-15(11)25/h3-5,7,25H,8-9H2,1-2H3,(H,24,26). The number of carbonyl (C=O) groups is 1.